The van der Waals surface area contributed by atoms with Crippen molar-refractivity contribution >= 4 is 17.8 Å². The Morgan fingerprint density at radius 3 is 2.20 bits per heavy atom. The van der Waals surface area contributed by atoms with Crippen molar-refractivity contribution in [1.82, 2.24) is 4.90 Å². The predicted octanol–water partition coefficient (Wildman–Crippen LogP) is 2.97. The molecule has 3 atom stereocenters. The van der Waals surface area contributed by atoms with Gasteiger partial charge in [0.15, 0.2) is 0 Å². The number of imide groups is 1. The maximum atomic E-state index is 12.5. The third kappa shape index (κ3) is 3.60. The minimum absolute atomic E-state index is 0.0927. The summed E-state index contributed by atoms with van der Waals surface area (Å²) in [5.41, 5.74) is 1.64. The number of aryl methyl sites for hydroxylation is 1. The predicted molar refractivity (Wildman–Crippen MR) is 92.9 cm³/mol. The third-order valence-corrected chi connectivity index (χ3v) is 5.28. The van der Waals surface area contributed by atoms with E-state index in [1.54, 1.807) is 19.1 Å². The van der Waals surface area contributed by atoms with Crippen molar-refractivity contribution in [3.05, 3.63) is 35.4 Å². The lowest BCUT2D eigenvalue weighted by molar-refractivity contribution is -0.141. The lowest BCUT2D eigenvalue weighted by Crippen LogP contribution is -2.38. The zero-order valence-corrected chi connectivity index (χ0v) is 14.9. The van der Waals surface area contributed by atoms with Crippen LogP contribution in [0.4, 0.5) is 0 Å². The molecule has 0 spiro atoms. The highest BCUT2D eigenvalue weighted by molar-refractivity contribution is 6.05. The number of nitrogens with zero attached hydrogens (tertiary/aromatic N) is 1. The molecule has 1 aliphatic carbocycles. The van der Waals surface area contributed by atoms with Crippen LogP contribution < -0.4 is 0 Å². The van der Waals surface area contributed by atoms with Gasteiger partial charge in [0.2, 0.25) is 11.8 Å². The molecular weight excluding hydrogens is 318 g/mol. The average molecular weight is 343 g/mol. The summed E-state index contributed by atoms with van der Waals surface area (Å²) in [6.07, 6.45) is 3.99. The third-order valence-electron chi connectivity index (χ3n) is 5.28. The molecule has 25 heavy (non-hydrogen) atoms. The number of carbonyl (C=O) groups excluding carboxylic acids is 3. The van der Waals surface area contributed by atoms with Crippen molar-refractivity contribution in [3.8, 4) is 0 Å². The van der Waals surface area contributed by atoms with Crippen LogP contribution in [0, 0.1) is 11.8 Å². The fraction of sp³-hybridized carbons (Fsp3) is 0.550. The molecule has 1 saturated carbocycles. The van der Waals surface area contributed by atoms with Crippen molar-refractivity contribution < 1.29 is 19.1 Å². The second-order valence-corrected chi connectivity index (χ2v) is 7.05. The van der Waals surface area contributed by atoms with Gasteiger partial charge in [-0.3, -0.25) is 14.5 Å². The number of fused-ring (bicyclic) bond motifs is 1. The smallest absolute Gasteiger partial charge is 0.338 e. The number of rotatable bonds is 5. The highest BCUT2D eigenvalue weighted by atomic mass is 16.5. The van der Waals surface area contributed by atoms with Crippen LogP contribution >= 0.6 is 0 Å². The summed E-state index contributed by atoms with van der Waals surface area (Å²) in [7, 11) is 0. The molecule has 1 saturated heterocycles. The molecule has 2 fully saturated rings. The molecule has 0 aromatic heterocycles. The summed E-state index contributed by atoms with van der Waals surface area (Å²) in [5.74, 6) is -0.932. The lowest BCUT2D eigenvalue weighted by Gasteiger charge is -2.20. The van der Waals surface area contributed by atoms with Gasteiger partial charge in [0.25, 0.3) is 0 Å². The van der Waals surface area contributed by atoms with E-state index in [1.807, 2.05) is 12.1 Å². The van der Waals surface area contributed by atoms with Crippen LogP contribution in [0.5, 0.6) is 0 Å². The van der Waals surface area contributed by atoms with E-state index in [0.717, 1.165) is 37.7 Å². The Labute approximate surface area is 148 Å². The molecule has 3 unspecified atom stereocenters. The summed E-state index contributed by atoms with van der Waals surface area (Å²) in [6, 6.07) is 7.29. The van der Waals surface area contributed by atoms with Gasteiger partial charge >= 0.3 is 5.97 Å². The van der Waals surface area contributed by atoms with Crippen LogP contribution in [0.2, 0.25) is 0 Å². The molecule has 1 aliphatic heterocycles. The summed E-state index contributed by atoms with van der Waals surface area (Å²) >= 11 is 0. The molecule has 0 radical (unpaired) electrons. The van der Waals surface area contributed by atoms with E-state index >= 15 is 0 Å². The van der Waals surface area contributed by atoms with E-state index in [1.165, 1.54) is 4.90 Å². The van der Waals surface area contributed by atoms with E-state index in [-0.39, 0.29) is 30.2 Å². The van der Waals surface area contributed by atoms with Crippen molar-refractivity contribution in [2.75, 3.05) is 6.54 Å². The van der Waals surface area contributed by atoms with Crippen LogP contribution in [0.3, 0.4) is 0 Å². The summed E-state index contributed by atoms with van der Waals surface area (Å²) in [4.78, 5) is 38.5. The topological polar surface area (TPSA) is 63.7 Å². The first-order chi connectivity index (χ1) is 12.0. The Bertz CT molecular complexity index is 643. The summed E-state index contributed by atoms with van der Waals surface area (Å²) in [6.45, 7) is 3.92. The van der Waals surface area contributed by atoms with Crippen LogP contribution in [0.25, 0.3) is 0 Å². The quantitative estimate of drug-likeness (QED) is 0.609. The van der Waals surface area contributed by atoms with Crippen LogP contribution in [0.1, 0.15) is 55.5 Å². The van der Waals surface area contributed by atoms with Gasteiger partial charge in [-0.25, -0.2) is 4.79 Å². The zero-order chi connectivity index (χ0) is 18.0. The van der Waals surface area contributed by atoms with Gasteiger partial charge in [-0.1, -0.05) is 31.9 Å². The van der Waals surface area contributed by atoms with Crippen molar-refractivity contribution in [2.45, 2.75) is 52.1 Å². The number of carbonyl (C=O) groups is 3. The molecule has 2 aliphatic rings. The number of benzene rings is 1. The van der Waals surface area contributed by atoms with Gasteiger partial charge in [-0.2, -0.15) is 0 Å². The largest absolute Gasteiger partial charge is 0.457 e. The Morgan fingerprint density at radius 2 is 1.68 bits per heavy atom. The molecule has 3 rings (SSSR count). The number of hydrogen-bond acceptors (Lipinski definition) is 4. The molecule has 5 heteroatoms. The first kappa shape index (κ1) is 17.6. The minimum Gasteiger partial charge on any atom is -0.457 e. The molecular formula is C20H25NO4. The minimum atomic E-state index is -0.522. The highest BCUT2D eigenvalue weighted by Crippen LogP contribution is 2.38. The molecule has 1 heterocycles. The second kappa shape index (κ2) is 7.38. The van der Waals surface area contributed by atoms with Crippen molar-refractivity contribution in [3.63, 3.8) is 0 Å². The van der Waals surface area contributed by atoms with Crippen molar-refractivity contribution in [2.24, 2.45) is 11.8 Å². The number of likely N-dealkylation sites (tertiary alicyclic amines) is 1. The Kier molecular flexibility index (Phi) is 5.21. The molecule has 0 N–H and O–H groups in total. The maximum absolute atomic E-state index is 12.5. The molecule has 1 aromatic rings. The molecule has 134 valence electrons. The Hall–Kier alpha value is -2.17. The van der Waals surface area contributed by atoms with Crippen LogP contribution in [0.15, 0.2) is 24.3 Å². The molecule has 5 nitrogen and oxygen atoms in total. The van der Waals surface area contributed by atoms with Gasteiger partial charge in [0, 0.05) is 0 Å². The Balaban J connectivity index is 1.60. The van der Waals surface area contributed by atoms with Crippen LogP contribution in [-0.2, 0) is 20.7 Å². The van der Waals surface area contributed by atoms with E-state index in [0.29, 0.717) is 5.56 Å². The maximum Gasteiger partial charge on any atom is 0.338 e. The van der Waals surface area contributed by atoms with Crippen LogP contribution in [-0.4, -0.2) is 35.3 Å². The van der Waals surface area contributed by atoms with Gasteiger partial charge in [-0.15, -0.1) is 0 Å². The second-order valence-electron chi connectivity index (χ2n) is 7.05. The summed E-state index contributed by atoms with van der Waals surface area (Å²) < 4.78 is 5.44. The first-order valence-electron chi connectivity index (χ1n) is 9.16. The number of amides is 2. The van der Waals surface area contributed by atoms with Gasteiger partial charge in [0.05, 0.1) is 23.9 Å². The molecule has 2 amide bonds. The average Bonchev–Trinajstić information content (AvgIpc) is 2.87. The SMILES string of the molecule is CCc1ccc(C(=O)OC(C)CN2C(=O)C3CCCCC3C2=O)cc1. The number of hydrogen-bond donors (Lipinski definition) is 0. The lowest BCUT2D eigenvalue weighted by atomic mass is 9.81. The summed E-state index contributed by atoms with van der Waals surface area (Å²) in [5, 5.41) is 0. The molecule has 0 bridgehead atoms. The van der Waals surface area contributed by atoms with Gasteiger partial charge in [-0.05, 0) is 43.9 Å². The highest BCUT2D eigenvalue weighted by Gasteiger charge is 2.48. The van der Waals surface area contributed by atoms with E-state index in [9.17, 15) is 14.4 Å². The fourth-order valence-electron chi connectivity index (χ4n) is 3.83. The zero-order valence-electron chi connectivity index (χ0n) is 14.9. The van der Waals surface area contributed by atoms with E-state index in [2.05, 4.69) is 6.92 Å². The number of esters is 1. The first-order valence-corrected chi connectivity index (χ1v) is 9.16. The monoisotopic (exact) mass is 343 g/mol. The molecule has 1 aromatic carbocycles. The van der Waals surface area contributed by atoms with E-state index in [4.69, 9.17) is 4.74 Å². The Morgan fingerprint density at radius 1 is 1.12 bits per heavy atom. The fourth-order valence-corrected chi connectivity index (χ4v) is 3.83. The van der Waals surface area contributed by atoms with Gasteiger partial charge < -0.3 is 4.74 Å². The normalized spacial score (nSPS) is 24.2. The van der Waals surface area contributed by atoms with E-state index < -0.39 is 12.1 Å². The van der Waals surface area contributed by atoms with Gasteiger partial charge in [0.1, 0.15) is 6.10 Å². The standard InChI is InChI=1S/C20H25NO4/c1-3-14-8-10-15(11-9-14)20(24)25-13(2)12-21-18(22)16-6-4-5-7-17(16)19(21)23/h8-11,13,16-17H,3-7,12H2,1-2H3. The number of ether oxygens (including phenoxy) is 1. The van der Waals surface area contributed by atoms with Crippen molar-refractivity contribution in [1.29, 1.82) is 0 Å².